The SMILES string of the molecule is C=CCN(C(=O)C(C)Sc1ncc(C(=O)OCC)c(N)n1)c1ccccc1. The number of esters is 1. The molecule has 1 atom stereocenters. The van der Waals surface area contributed by atoms with Gasteiger partial charge < -0.3 is 15.4 Å². The summed E-state index contributed by atoms with van der Waals surface area (Å²) < 4.78 is 4.90. The van der Waals surface area contributed by atoms with Gasteiger partial charge in [-0.05, 0) is 26.0 Å². The number of para-hydroxylation sites is 1. The lowest BCUT2D eigenvalue weighted by Gasteiger charge is -2.24. The van der Waals surface area contributed by atoms with Crippen LogP contribution < -0.4 is 10.6 Å². The molecule has 0 radical (unpaired) electrons. The Morgan fingerprint density at radius 3 is 2.67 bits per heavy atom. The molecule has 1 aromatic heterocycles. The highest BCUT2D eigenvalue weighted by molar-refractivity contribution is 8.00. The monoisotopic (exact) mass is 386 g/mol. The summed E-state index contributed by atoms with van der Waals surface area (Å²) in [7, 11) is 0. The zero-order valence-electron chi connectivity index (χ0n) is 15.3. The van der Waals surface area contributed by atoms with Crippen molar-refractivity contribution in [2.45, 2.75) is 24.3 Å². The molecule has 1 amide bonds. The van der Waals surface area contributed by atoms with Crippen LogP contribution in [-0.4, -0.2) is 40.2 Å². The van der Waals surface area contributed by atoms with Gasteiger partial charge in [0.2, 0.25) is 5.91 Å². The summed E-state index contributed by atoms with van der Waals surface area (Å²) in [5, 5.41) is -0.147. The van der Waals surface area contributed by atoms with E-state index in [4.69, 9.17) is 10.5 Å². The molecule has 2 aromatic rings. The number of nitrogens with two attached hydrogens (primary N) is 1. The van der Waals surface area contributed by atoms with Crippen molar-refractivity contribution in [2.75, 3.05) is 23.8 Å². The van der Waals surface area contributed by atoms with Gasteiger partial charge in [0.15, 0.2) is 5.16 Å². The van der Waals surface area contributed by atoms with E-state index in [1.54, 1.807) is 24.8 Å². The predicted octanol–water partition coefficient (Wildman–Crippen LogP) is 2.94. The summed E-state index contributed by atoms with van der Waals surface area (Å²) in [5.41, 5.74) is 6.72. The maximum atomic E-state index is 12.9. The summed E-state index contributed by atoms with van der Waals surface area (Å²) >= 11 is 1.17. The quantitative estimate of drug-likeness (QED) is 0.322. The second-order valence-electron chi connectivity index (χ2n) is 5.51. The number of benzene rings is 1. The highest BCUT2D eigenvalue weighted by Crippen LogP contribution is 2.25. The number of thioether (sulfide) groups is 1. The number of carbonyl (C=O) groups is 2. The van der Waals surface area contributed by atoms with Crippen LogP contribution in [0.5, 0.6) is 0 Å². The van der Waals surface area contributed by atoms with Crippen LogP contribution in [0.3, 0.4) is 0 Å². The van der Waals surface area contributed by atoms with Crippen LogP contribution in [0.2, 0.25) is 0 Å². The molecule has 0 fully saturated rings. The third kappa shape index (κ3) is 5.30. The lowest BCUT2D eigenvalue weighted by Crippen LogP contribution is -2.36. The van der Waals surface area contributed by atoms with Crippen molar-refractivity contribution in [1.82, 2.24) is 9.97 Å². The molecule has 142 valence electrons. The van der Waals surface area contributed by atoms with E-state index in [-0.39, 0.29) is 23.9 Å². The number of hydrogen-bond donors (Lipinski definition) is 1. The average molecular weight is 386 g/mol. The molecule has 7 nitrogen and oxygen atoms in total. The summed E-state index contributed by atoms with van der Waals surface area (Å²) in [6.07, 6.45) is 2.99. The molecule has 1 aromatic carbocycles. The second kappa shape index (κ2) is 9.72. The molecule has 0 aliphatic carbocycles. The van der Waals surface area contributed by atoms with Crippen molar-refractivity contribution in [2.24, 2.45) is 0 Å². The van der Waals surface area contributed by atoms with Gasteiger partial charge in [-0.15, -0.1) is 6.58 Å². The van der Waals surface area contributed by atoms with E-state index in [1.165, 1.54) is 18.0 Å². The van der Waals surface area contributed by atoms with Gasteiger partial charge in [0.1, 0.15) is 11.4 Å². The number of amides is 1. The van der Waals surface area contributed by atoms with Crippen LogP contribution in [0.4, 0.5) is 11.5 Å². The molecule has 0 aliphatic heterocycles. The van der Waals surface area contributed by atoms with Crippen LogP contribution in [0, 0.1) is 0 Å². The van der Waals surface area contributed by atoms with Gasteiger partial charge in [0.25, 0.3) is 0 Å². The van der Waals surface area contributed by atoms with Crippen molar-refractivity contribution in [3.05, 3.63) is 54.7 Å². The van der Waals surface area contributed by atoms with Crippen LogP contribution >= 0.6 is 11.8 Å². The molecule has 0 bridgehead atoms. The van der Waals surface area contributed by atoms with Crippen molar-refractivity contribution < 1.29 is 14.3 Å². The molecule has 1 unspecified atom stereocenters. The zero-order valence-corrected chi connectivity index (χ0v) is 16.1. The molecule has 1 heterocycles. The Morgan fingerprint density at radius 1 is 1.37 bits per heavy atom. The smallest absolute Gasteiger partial charge is 0.343 e. The number of hydrogen-bond acceptors (Lipinski definition) is 7. The van der Waals surface area contributed by atoms with Crippen molar-refractivity contribution in [3.63, 3.8) is 0 Å². The number of ether oxygens (including phenoxy) is 1. The fourth-order valence-electron chi connectivity index (χ4n) is 2.29. The maximum Gasteiger partial charge on any atom is 0.343 e. The largest absolute Gasteiger partial charge is 0.462 e. The molecular weight excluding hydrogens is 364 g/mol. The number of aromatic nitrogens is 2. The fourth-order valence-corrected chi connectivity index (χ4v) is 3.10. The van der Waals surface area contributed by atoms with Gasteiger partial charge in [-0.1, -0.05) is 36.0 Å². The molecule has 8 heteroatoms. The first-order valence-electron chi connectivity index (χ1n) is 8.41. The zero-order chi connectivity index (χ0) is 19.8. The summed E-state index contributed by atoms with van der Waals surface area (Å²) in [6.45, 7) is 7.81. The Labute approximate surface area is 162 Å². The Kier molecular flexibility index (Phi) is 7.36. The summed E-state index contributed by atoms with van der Waals surface area (Å²) in [4.78, 5) is 34.5. The molecular formula is C19H22N4O3S. The Hall–Kier alpha value is -2.87. The van der Waals surface area contributed by atoms with E-state index in [9.17, 15) is 9.59 Å². The number of carbonyl (C=O) groups excluding carboxylic acids is 2. The molecule has 2 rings (SSSR count). The molecule has 0 saturated heterocycles. The van der Waals surface area contributed by atoms with Gasteiger partial charge in [-0.2, -0.15) is 0 Å². The fraction of sp³-hybridized carbons (Fsp3) is 0.263. The van der Waals surface area contributed by atoms with Crippen molar-refractivity contribution in [1.29, 1.82) is 0 Å². The van der Waals surface area contributed by atoms with Gasteiger partial charge in [-0.25, -0.2) is 14.8 Å². The standard InChI is InChI=1S/C19H22N4O3S/c1-4-11-23(14-9-7-6-8-10-14)17(24)13(3)27-19-21-12-15(16(20)22-19)18(25)26-5-2/h4,6-10,12-13H,1,5,11H2,2-3H3,(H2,20,21,22). The number of nitrogens with zero attached hydrogens (tertiary/aromatic N) is 3. The highest BCUT2D eigenvalue weighted by Gasteiger charge is 2.24. The number of rotatable bonds is 8. The van der Waals surface area contributed by atoms with Gasteiger partial charge in [-0.3, -0.25) is 4.79 Å². The normalized spacial score (nSPS) is 11.5. The third-order valence-electron chi connectivity index (χ3n) is 3.57. The third-order valence-corrected chi connectivity index (χ3v) is 4.53. The molecule has 2 N–H and O–H groups in total. The van der Waals surface area contributed by atoms with E-state index < -0.39 is 11.2 Å². The first-order chi connectivity index (χ1) is 13.0. The predicted molar refractivity (Wildman–Crippen MR) is 107 cm³/mol. The molecule has 27 heavy (non-hydrogen) atoms. The lowest BCUT2D eigenvalue weighted by molar-refractivity contribution is -0.117. The first-order valence-corrected chi connectivity index (χ1v) is 9.29. The van der Waals surface area contributed by atoms with Crippen LogP contribution in [0.25, 0.3) is 0 Å². The minimum absolute atomic E-state index is 0.0246. The Balaban J connectivity index is 2.14. The maximum absolute atomic E-state index is 12.9. The summed E-state index contributed by atoms with van der Waals surface area (Å²) in [5.74, 6) is -0.656. The van der Waals surface area contributed by atoms with Gasteiger partial charge >= 0.3 is 5.97 Å². The molecule has 0 saturated carbocycles. The Morgan fingerprint density at radius 2 is 2.07 bits per heavy atom. The van der Waals surface area contributed by atoms with Crippen LogP contribution in [0.1, 0.15) is 24.2 Å². The van der Waals surface area contributed by atoms with Gasteiger partial charge in [0, 0.05) is 18.4 Å². The highest BCUT2D eigenvalue weighted by atomic mass is 32.2. The van der Waals surface area contributed by atoms with E-state index >= 15 is 0 Å². The number of anilines is 2. The van der Waals surface area contributed by atoms with E-state index in [1.807, 2.05) is 30.3 Å². The molecule has 0 spiro atoms. The van der Waals surface area contributed by atoms with E-state index in [0.29, 0.717) is 11.7 Å². The van der Waals surface area contributed by atoms with Crippen LogP contribution in [-0.2, 0) is 9.53 Å². The van der Waals surface area contributed by atoms with Crippen molar-refractivity contribution in [3.8, 4) is 0 Å². The minimum Gasteiger partial charge on any atom is -0.462 e. The average Bonchev–Trinajstić information content (AvgIpc) is 2.66. The van der Waals surface area contributed by atoms with Gasteiger partial charge in [0.05, 0.1) is 11.9 Å². The topological polar surface area (TPSA) is 98.4 Å². The van der Waals surface area contributed by atoms with Crippen LogP contribution in [0.15, 0.2) is 54.3 Å². The first kappa shape index (κ1) is 20.4. The second-order valence-corrected chi connectivity index (χ2v) is 6.81. The van der Waals surface area contributed by atoms with E-state index in [2.05, 4.69) is 16.5 Å². The van der Waals surface area contributed by atoms with Crippen molar-refractivity contribution >= 4 is 35.1 Å². The van der Waals surface area contributed by atoms with E-state index in [0.717, 1.165) is 5.69 Å². The lowest BCUT2D eigenvalue weighted by atomic mass is 10.2. The Bertz CT molecular complexity index is 814. The molecule has 0 aliphatic rings. The minimum atomic E-state index is -0.572. The summed E-state index contributed by atoms with van der Waals surface area (Å²) in [6, 6.07) is 9.35. The number of nitrogen functional groups attached to an aromatic ring is 1.